The molecule has 4 heteroatoms. The third-order valence-corrected chi connectivity index (χ3v) is 14.3. The van der Waals surface area contributed by atoms with Gasteiger partial charge in [-0.3, -0.25) is 0 Å². The van der Waals surface area contributed by atoms with E-state index >= 15 is 0 Å². The van der Waals surface area contributed by atoms with Gasteiger partial charge in [0.25, 0.3) is 0 Å². The van der Waals surface area contributed by atoms with Gasteiger partial charge in [0.1, 0.15) is 0 Å². The molecule has 0 heterocycles. The number of rotatable bonds is 5. The van der Waals surface area contributed by atoms with Crippen molar-refractivity contribution in [2.45, 2.75) is 115 Å². The van der Waals surface area contributed by atoms with E-state index in [1.807, 2.05) is 0 Å². The van der Waals surface area contributed by atoms with Crippen LogP contribution in [0, 0.1) is 0 Å². The maximum atomic E-state index is 5.16. The van der Waals surface area contributed by atoms with Crippen molar-refractivity contribution in [2.75, 3.05) is 0 Å². The van der Waals surface area contributed by atoms with Crippen molar-refractivity contribution in [1.29, 1.82) is 0 Å². The van der Waals surface area contributed by atoms with Gasteiger partial charge in [0.05, 0.1) is 0 Å². The topological polar surface area (TPSA) is 24.4 Å². The van der Waals surface area contributed by atoms with Gasteiger partial charge in [-0.1, -0.05) is 0 Å². The molecule has 134 valence electrons. The molecule has 2 rings (SSSR count). The molecule has 2 saturated carbocycles. The van der Waals surface area contributed by atoms with Crippen LogP contribution in [-0.2, 0) is 0 Å². The van der Waals surface area contributed by atoms with Crippen LogP contribution >= 0.6 is 5.51 Å². The number of aliphatic imine (C=N–C) groups is 1. The molecule has 2 aliphatic rings. The first kappa shape index (κ1) is 19.7. The Labute approximate surface area is 151 Å². The second kappa shape index (κ2) is 9.21. The summed E-state index contributed by atoms with van der Waals surface area (Å²) < 4.78 is 0. The molecule has 0 aromatic heterocycles. The predicted octanol–water partition coefficient (Wildman–Crippen LogP) is 5.52. The zero-order valence-electron chi connectivity index (χ0n) is 15.7. The Hall–Kier alpha value is 0.419. The fourth-order valence-corrected chi connectivity index (χ4v) is 12.0. The van der Waals surface area contributed by atoms with Crippen molar-refractivity contribution < 1.29 is 0 Å². The predicted molar refractivity (Wildman–Crippen MR) is 107 cm³/mol. The van der Waals surface area contributed by atoms with E-state index in [-0.39, 0.29) is 0 Å². The van der Waals surface area contributed by atoms with E-state index in [2.05, 4.69) is 48.1 Å². The van der Waals surface area contributed by atoms with Gasteiger partial charge in [0.15, 0.2) is 0 Å². The monoisotopic (exact) mass is 404 g/mol. The van der Waals surface area contributed by atoms with E-state index < -0.39 is 5.51 Å². The first-order valence-electron chi connectivity index (χ1n) is 9.89. The number of nitrogens with one attached hydrogen (secondary N) is 1. The second-order valence-electron chi connectivity index (χ2n) is 8.14. The van der Waals surface area contributed by atoms with Crippen LogP contribution in [0.5, 0.6) is 0 Å². The Morgan fingerprint density at radius 1 is 0.870 bits per heavy atom. The van der Waals surface area contributed by atoms with E-state index in [9.17, 15) is 0 Å². The molecular weight excluding hydrogens is 366 g/mol. The van der Waals surface area contributed by atoms with Gasteiger partial charge in [0.2, 0.25) is 0 Å². The molecule has 0 aliphatic heterocycles. The summed E-state index contributed by atoms with van der Waals surface area (Å²) in [4.78, 5) is 5.16. The van der Waals surface area contributed by atoms with Gasteiger partial charge in [0, 0.05) is 0 Å². The van der Waals surface area contributed by atoms with Crippen molar-refractivity contribution in [3.8, 4) is 0 Å². The van der Waals surface area contributed by atoms with E-state index in [1.54, 1.807) is 0 Å². The fourth-order valence-electron chi connectivity index (χ4n) is 4.30. The van der Waals surface area contributed by atoms with Crippen molar-refractivity contribution in [2.24, 2.45) is 4.99 Å². The van der Waals surface area contributed by atoms with Gasteiger partial charge in [-0.05, 0) is 0 Å². The summed E-state index contributed by atoms with van der Waals surface area (Å²) in [6.07, 6.45) is 14.3. The number of hydrogen-bond acceptors (Lipinski definition) is 1. The van der Waals surface area contributed by atoms with Crippen molar-refractivity contribution in [3.63, 3.8) is 0 Å². The Kier molecular flexibility index (Phi) is 7.90. The Bertz CT molecular complexity index is 411. The van der Waals surface area contributed by atoms with E-state index in [0.29, 0.717) is 12.1 Å². The average Bonchev–Trinajstić information content (AvgIpc) is 2.54. The molecule has 0 aromatic rings. The molecule has 2 fully saturated rings. The molecule has 2 nitrogen and oxygen atoms in total. The summed E-state index contributed by atoms with van der Waals surface area (Å²) >= 11 is 3.86. The van der Waals surface area contributed by atoms with Crippen LogP contribution in [0.3, 0.4) is 0 Å². The van der Waals surface area contributed by atoms with Crippen LogP contribution in [0.2, 0.25) is 0 Å². The van der Waals surface area contributed by atoms with E-state index in [4.69, 9.17) is 4.99 Å². The van der Waals surface area contributed by atoms with Crippen molar-refractivity contribution in [3.05, 3.63) is 0 Å². The third-order valence-electron chi connectivity index (χ3n) is 5.36. The molecular formula is C19H37N2PSe. The molecule has 0 radical (unpaired) electrons. The molecule has 0 unspecified atom stereocenters. The van der Waals surface area contributed by atoms with Gasteiger partial charge in [-0.15, -0.1) is 0 Å². The first-order valence-corrected chi connectivity index (χ1v) is 14.0. The van der Waals surface area contributed by atoms with Crippen LogP contribution in [-0.4, -0.2) is 44.1 Å². The average molecular weight is 403 g/mol. The van der Waals surface area contributed by atoms with Gasteiger partial charge < -0.3 is 0 Å². The standard InChI is InChI=1S/C19H37N2PSe/c1-15(2)20-19(21-16(3)4)22(23,17-11-7-5-8-12-17)18-13-9-6-10-14-18/h15-18H,5-14H2,1-4H3,(H,20,21). The number of hydrogen-bond donors (Lipinski definition) is 1. The summed E-state index contributed by atoms with van der Waals surface area (Å²) in [5, 5.41) is 3.81. The molecule has 0 spiro atoms. The molecule has 0 amide bonds. The Morgan fingerprint density at radius 3 is 1.65 bits per heavy atom. The third kappa shape index (κ3) is 5.19. The molecule has 0 bridgehead atoms. The summed E-state index contributed by atoms with van der Waals surface area (Å²) in [6, 6.07) is 0.864. The molecule has 0 atom stereocenters. The quantitative estimate of drug-likeness (QED) is 0.278. The number of amidine groups is 1. The van der Waals surface area contributed by atoms with Crippen LogP contribution < -0.4 is 5.32 Å². The Morgan fingerprint density at radius 2 is 1.30 bits per heavy atom. The zero-order chi connectivity index (χ0) is 16.9. The second-order valence-corrected chi connectivity index (χ2v) is 15.2. The first-order chi connectivity index (χ1) is 10.9. The van der Waals surface area contributed by atoms with Crippen LogP contribution in [0.25, 0.3) is 0 Å². The number of nitrogens with zero attached hydrogens (tertiary/aromatic N) is 1. The van der Waals surface area contributed by atoms with Crippen LogP contribution in [0.15, 0.2) is 4.99 Å². The Balaban J connectivity index is 2.38. The molecule has 0 aromatic carbocycles. The molecule has 2 aliphatic carbocycles. The van der Waals surface area contributed by atoms with Gasteiger partial charge in [-0.25, -0.2) is 0 Å². The van der Waals surface area contributed by atoms with E-state index in [1.165, 1.54) is 69.8 Å². The van der Waals surface area contributed by atoms with Gasteiger partial charge >= 0.3 is 152 Å². The van der Waals surface area contributed by atoms with Crippen molar-refractivity contribution in [1.82, 2.24) is 5.32 Å². The zero-order valence-corrected chi connectivity index (χ0v) is 18.3. The molecule has 0 saturated heterocycles. The van der Waals surface area contributed by atoms with Crippen LogP contribution in [0.4, 0.5) is 0 Å². The summed E-state index contributed by atoms with van der Waals surface area (Å²) in [5.74, 6) is 0. The van der Waals surface area contributed by atoms with Crippen LogP contribution in [0.1, 0.15) is 91.9 Å². The van der Waals surface area contributed by atoms with E-state index in [0.717, 1.165) is 11.3 Å². The molecule has 1 N–H and O–H groups in total. The normalized spacial score (nSPS) is 22.8. The minimum atomic E-state index is -1.32. The summed E-state index contributed by atoms with van der Waals surface area (Å²) in [7, 11) is 0. The summed E-state index contributed by atoms with van der Waals surface area (Å²) in [6.45, 7) is 8.99. The fraction of sp³-hybridized carbons (Fsp3) is 0.947. The van der Waals surface area contributed by atoms with Gasteiger partial charge in [-0.2, -0.15) is 0 Å². The van der Waals surface area contributed by atoms with Crippen molar-refractivity contribution >= 4 is 26.2 Å². The maximum absolute atomic E-state index is 5.16. The molecule has 23 heavy (non-hydrogen) atoms. The minimum absolute atomic E-state index is 0.385. The SMILES string of the molecule is CC(C)N=C(NC(C)C)P(=[Se])(C1CCCCC1)C1CCCCC1. The summed E-state index contributed by atoms with van der Waals surface area (Å²) in [5.41, 5.74) is 1.82.